The van der Waals surface area contributed by atoms with Gasteiger partial charge in [-0.3, -0.25) is 14.4 Å². The zero-order valence-corrected chi connectivity index (χ0v) is 22.0. The molecule has 1 atom stereocenters. The minimum Gasteiger partial charge on any atom is -0.465 e. The molecular formula is C25H41N3O4S. The number of allylic oxidation sites excluding steroid dienone is 1. The van der Waals surface area contributed by atoms with Crippen LogP contribution in [0.15, 0.2) is 23.8 Å². The van der Waals surface area contributed by atoms with Crippen molar-refractivity contribution in [1.82, 2.24) is 4.90 Å². The standard InChI is InChI=1S/C12H15NO.C6H11NOS.C5H7NO2.C2H6.H2/c1-8-4-5-12(13)7-11(8)6-9(2)10(3)14;1-3-7-4-9-5(2)6(7)8;1-2-8-5(7)3-4-6;1-2;/h4-7H,13H2,1-3H3;5H,3-4H2,1-2H3;2-3H2,1H3;1-2H3;1H/b9-6+;;;;. The van der Waals surface area contributed by atoms with Crippen molar-refractivity contribution in [3.63, 3.8) is 0 Å². The van der Waals surface area contributed by atoms with Crippen molar-refractivity contribution < 1.29 is 20.5 Å². The summed E-state index contributed by atoms with van der Waals surface area (Å²) in [6, 6.07) is 7.36. The van der Waals surface area contributed by atoms with Crippen molar-refractivity contribution in [3.05, 3.63) is 34.9 Å². The van der Waals surface area contributed by atoms with E-state index in [1.54, 1.807) is 31.7 Å². The molecule has 1 saturated heterocycles. The number of aryl methyl sites for hydroxylation is 1. The number of carbonyl (C=O) groups is 3. The number of thioether (sulfide) groups is 1. The number of nitrogens with zero attached hydrogens (tertiary/aromatic N) is 2. The lowest BCUT2D eigenvalue weighted by Gasteiger charge is -2.10. The van der Waals surface area contributed by atoms with E-state index in [0.29, 0.717) is 12.5 Å². The molecule has 0 aliphatic carbocycles. The third-order valence-corrected chi connectivity index (χ3v) is 5.44. The summed E-state index contributed by atoms with van der Waals surface area (Å²) < 4.78 is 4.42. The molecule has 2 N–H and O–H groups in total. The number of hydrogen-bond acceptors (Lipinski definition) is 7. The Morgan fingerprint density at radius 1 is 1.33 bits per heavy atom. The van der Waals surface area contributed by atoms with E-state index < -0.39 is 5.97 Å². The van der Waals surface area contributed by atoms with Crippen molar-refractivity contribution in [2.75, 3.05) is 24.8 Å². The second kappa shape index (κ2) is 18.8. The van der Waals surface area contributed by atoms with Gasteiger partial charge in [0.1, 0.15) is 6.42 Å². The molecule has 0 aromatic heterocycles. The van der Waals surface area contributed by atoms with E-state index >= 15 is 0 Å². The average Bonchev–Trinajstić information content (AvgIpc) is 3.11. The van der Waals surface area contributed by atoms with Gasteiger partial charge in [0.15, 0.2) is 5.78 Å². The molecule has 33 heavy (non-hydrogen) atoms. The molecular weight excluding hydrogens is 438 g/mol. The zero-order valence-electron chi connectivity index (χ0n) is 21.2. The predicted molar refractivity (Wildman–Crippen MR) is 140 cm³/mol. The molecule has 1 aromatic carbocycles. The van der Waals surface area contributed by atoms with Crippen LogP contribution in [0.5, 0.6) is 0 Å². The first-order valence-corrected chi connectivity index (χ1v) is 12.1. The molecule has 1 aliphatic heterocycles. The maximum Gasteiger partial charge on any atom is 0.320 e. The third-order valence-electron chi connectivity index (χ3n) is 4.28. The Morgan fingerprint density at radius 2 is 1.94 bits per heavy atom. The first kappa shape index (κ1) is 32.4. The number of amides is 1. The normalized spacial score (nSPS) is 14.4. The van der Waals surface area contributed by atoms with E-state index in [4.69, 9.17) is 11.0 Å². The van der Waals surface area contributed by atoms with Crippen LogP contribution in [-0.2, 0) is 19.1 Å². The number of benzene rings is 1. The Bertz CT molecular complexity index is 838. The molecule has 1 aliphatic rings. The van der Waals surface area contributed by atoms with E-state index in [9.17, 15) is 14.4 Å². The zero-order chi connectivity index (χ0) is 26.0. The minimum absolute atomic E-state index is 0. The monoisotopic (exact) mass is 479 g/mol. The van der Waals surface area contributed by atoms with Crippen molar-refractivity contribution in [3.8, 4) is 6.07 Å². The summed E-state index contributed by atoms with van der Waals surface area (Å²) in [5.74, 6) is 0.820. The van der Waals surface area contributed by atoms with Crippen molar-refractivity contribution >= 4 is 41.2 Å². The van der Waals surface area contributed by atoms with Gasteiger partial charge in [0.05, 0.1) is 23.8 Å². The molecule has 186 valence electrons. The van der Waals surface area contributed by atoms with E-state index in [0.717, 1.165) is 34.8 Å². The van der Waals surface area contributed by atoms with Crippen LogP contribution in [0.3, 0.4) is 0 Å². The van der Waals surface area contributed by atoms with Crippen LogP contribution in [0.25, 0.3) is 6.08 Å². The lowest BCUT2D eigenvalue weighted by molar-refractivity contribution is -0.141. The van der Waals surface area contributed by atoms with E-state index in [1.807, 2.05) is 70.7 Å². The number of ether oxygens (including phenoxy) is 1. The van der Waals surface area contributed by atoms with Gasteiger partial charge in [-0.1, -0.05) is 19.9 Å². The Kier molecular flexibility index (Phi) is 18.4. The number of esters is 1. The van der Waals surface area contributed by atoms with Crippen LogP contribution in [0.1, 0.15) is 67.4 Å². The fraction of sp³-hybridized carbons (Fsp3) is 0.520. The second-order valence-corrected chi connectivity index (χ2v) is 8.07. The fourth-order valence-electron chi connectivity index (χ4n) is 2.27. The number of nitrogen functional groups attached to an aromatic ring is 1. The van der Waals surface area contributed by atoms with Crippen LogP contribution in [0.4, 0.5) is 5.69 Å². The molecule has 1 amide bonds. The lowest BCUT2D eigenvalue weighted by Crippen LogP contribution is -2.27. The number of hydrogen-bond donors (Lipinski definition) is 1. The number of nitriles is 1. The highest BCUT2D eigenvalue weighted by Gasteiger charge is 2.26. The first-order chi connectivity index (χ1) is 15.6. The van der Waals surface area contributed by atoms with Gasteiger partial charge >= 0.3 is 5.97 Å². The van der Waals surface area contributed by atoms with Gasteiger partial charge in [0.25, 0.3) is 0 Å². The molecule has 8 heteroatoms. The van der Waals surface area contributed by atoms with Gasteiger partial charge in [-0.25, -0.2) is 0 Å². The van der Waals surface area contributed by atoms with Crippen molar-refractivity contribution in [2.24, 2.45) is 0 Å². The van der Waals surface area contributed by atoms with Gasteiger partial charge < -0.3 is 15.4 Å². The van der Waals surface area contributed by atoms with E-state index in [1.165, 1.54) is 0 Å². The number of anilines is 1. The average molecular weight is 480 g/mol. The fourth-order valence-corrected chi connectivity index (χ4v) is 3.27. The smallest absolute Gasteiger partial charge is 0.320 e. The molecule has 0 spiro atoms. The Hall–Kier alpha value is -2.79. The molecule has 1 fully saturated rings. The summed E-state index contributed by atoms with van der Waals surface area (Å²) >= 11 is 1.71. The quantitative estimate of drug-likeness (QED) is 0.349. The Labute approximate surface area is 204 Å². The SMILES string of the molecule is CC.CC(=O)/C(C)=C/c1cc(N)ccc1C.CCN1CSC(C)C1=O.CCOC(=O)CC#N.[HH]. The summed E-state index contributed by atoms with van der Waals surface area (Å²) in [7, 11) is 0. The second-order valence-electron chi connectivity index (χ2n) is 6.77. The van der Waals surface area contributed by atoms with E-state index in [2.05, 4.69) is 4.74 Å². The molecule has 7 nitrogen and oxygen atoms in total. The Morgan fingerprint density at radius 3 is 2.33 bits per heavy atom. The van der Waals surface area contributed by atoms with E-state index in [-0.39, 0.29) is 18.9 Å². The topological polar surface area (TPSA) is 113 Å². The van der Waals surface area contributed by atoms with Gasteiger partial charge in [-0.15, -0.1) is 11.8 Å². The predicted octanol–water partition coefficient (Wildman–Crippen LogP) is 5.23. The van der Waals surface area contributed by atoms with Crippen LogP contribution < -0.4 is 5.73 Å². The van der Waals surface area contributed by atoms with Crippen LogP contribution in [-0.4, -0.2) is 46.8 Å². The minimum atomic E-state index is -0.449. The number of ketones is 1. The summed E-state index contributed by atoms with van der Waals surface area (Å²) in [6.45, 7) is 16.3. The van der Waals surface area contributed by atoms with Gasteiger partial charge in [0.2, 0.25) is 5.91 Å². The number of Topliss-reactive ketones (excluding diaryl/α,β-unsaturated/α-hetero) is 1. The summed E-state index contributed by atoms with van der Waals surface area (Å²) in [5, 5.41) is 8.11. The molecule has 1 unspecified atom stereocenters. The molecule has 0 saturated carbocycles. The van der Waals surface area contributed by atoms with Crippen LogP contribution in [0, 0.1) is 18.3 Å². The van der Waals surface area contributed by atoms with Gasteiger partial charge in [-0.05, 0) is 76.5 Å². The number of carbonyl (C=O) groups excluding carboxylic acids is 3. The number of rotatable bonds is 5. The maximum absolute atomic E-state index is 11.0. The number of nitrogens with two attached hydrogens (primary N) is 1. The first-order valence-electron chi connectivity index (χ1n) is 11.1. The van der Waals surface area contributed by atoms with Crippen LogP contribution in [0.2, 0.25) is 0 Å². The highest BCUT2D eigenvalue weighted by molar-refractivity contribution is 8.01. The maximum atomic E-state index is 11.0. The highest BCUT2D eigenvalue weighted by Crippen LogP contribution is 2.22. The summed E-state index contributed by atoms with van der Waals surface area (Å²) in [5.41, 5.74) is 9.27. The van der Waals surface area contributed by atoms with Gasteiger partial charge in [0, 0.05) is 13.7 Å². The molecule has 0 bridgehead atoms. The van der Waals surface area contributed by atoms with Crippen LogP contribution >= 0.6 is 11.8 Å². The third kappa shape index (κ3) is 14.1. The molecule has 1 aromatic rings. The largest absolute Gasteiger partial charge is 0.465 e. The molecule has 2 rings (SSSR count). The highest BCUT2D eigenvalue weighted by atomic mass is 32.2. The molecule has 1 heterocycles. The Balaban J connectivity index is -0.000000422. The molecule has 0 radical (unpaired) electrons. The van der Waals surface area contributed by atoms with Gasteiger partial charge in [-0.2, -0.15) is 5.26 Å². The lowest BCUT2D eigenvalue weighted by atomic mass is 10.0. The van der Waals surface area contributed by atoms with Crippen molar-refractivity contribution in [1.29, 1.82) is 5.26 Å². The summed E-state index contributed by atoms with van der Waals surface area (Å²) in [4.78, 5) is 34.2. The summed E-state index contributed by atoms with van der Waals surface area (Å²) in [6.07, 6.45) is 1.72. The van der Waals surface area contributed by atoms with Crippen molar-refractivity contribution in [2.45, 2.75) is 67.1 Å².